The number of hydrogen-bond donors (Lipinski definition) is 1. The van der Waals surface area contributed by atoms with E-state index in [1.807, 2.05) is 36.5 Å². The van der Waals surface area contributed by atoms with E-state index in [0.717, 1.165) is 11.3 Å². The summed E-state index contributed by atoms with van der Waals surface area (Å²) in [5.41, 5.74) is 1.24. The van der Waals surface area contributed by atoms with Crippen LogP contribution >= 0.6 is 0 Å². The molecule has 2 rings (SSSR count). The average molecular weight is 244 g/mol. The van der Waals surface area contributed by atoms with Gasteiger partial charge in [-0.2, -0.15) is 5.10 Å². The van der Waals surface area contributed by atoms with Gasteiger partial charge in [0, 0.05) is 12.4 Å². The molecule has 2 aromatic rings. The van der Waals surface area contributed by atoms with E-state index < -0.39 is 11.4 Å². The fourth-order valence-corrected chi connectivity index (χ4v) is 1.77. The summed E-state index contributed by atoms with van der Waals surface area (Å²) in [5, 5.41) is 13.2. The third-order valence-electron chi connectivity index (χ3n) is 2.93. The molecule has 4 heteroatoms. The minimum atomic E-state index is -0.779. The molecule has 0 radical (unpaired) electrons. The molecule has 1 heterocycles. The molecule has 0 fully saturated rings. The van der Waals surface area contributed by atoms with E-state index in [-0.39, 0.29) is 0 Å². The van der Waals surface area contributed by atoms with Crippen molar-refractivity contribution < 1.29 is 9.90 Å². The van der Waals surface area contributed by atoms with E-state index in [9.17, 15) is 4.79 Å². The van der Waals surface area contributed by atoms with Crippen molar-refractivity contribution >= 4 is 5.97 Å². The molecule has 0 aliphatic heterocycles. The highest BCUT2D eigenvalue weighted by Gasteiger charge is 2.27. The first-order valence-corrected chi connectivity index (χ1v) is 5.81. The van der Waals surface area contributed by atoms with Crippen LogP contribution in [-0.2, 0) is 11.2 Å². The van der Waals surface area contributed by atoms with Gasteiger partial charge in [0.2, 0.25) is 0 Å². The Hall–Kier alpha value is -2.10. The first kappa shape index (κ1) is 12.4. The zero-order valence-electron chi connectivity index (χ0n) is 10.5. The van der Waals surface area contributed by atoms with Crippen LogP contribution < -0.4 is 0 Å². The molecular formula is C14H16N2O2. The predicted octanol–water partition coefficient (Wildman–Crippen LogP) is 2.53. The summed E-state index contributed by atoms with van der Waals surface area (Å²) < 4.78 is 1.77. The Kier molecular flexibility index (Phi) is 3.19. The van der Waals surface area contributed by atoms with Gasteiger partial charge in [0.25, 0.3) is 0 Å². The van der Waals surface area contributed by atoms with E-state index in [4.69, 9.17) is 5.11 Å². The van der Waals surface area contributed by atoms with Crippen LogP contribution in [0.1, 0.15) is 19.4 Å². The third kappa shape index (κ3) is 2.59. The van der Waals surface area contributed by atoms with Crippen molar-refractivity contribution in [2.45, 2.75) is 20.3 Å². The highest BCUT2D eigenvalue weighted by molar-refractivity contribution is 5.74. The van der Waals surface area contributed by atoms with Gasteiger partial charge >= 0.3 is 5.97 Å². The van der Waals surface area contributed by atoms with Gasteiger partial charge in [-0.1, -0.05) is 12.1 Å². The molecule has 0 amide bonds. The Morgan fingerprint density at radius 3 is 2.50 bits per heavy atom. The normalized spacial score (nSPS) is 11.4. The third-order valence-corrected chi connectivity index (χ3v) is 2.93. The molecule has 94 valence electrons. The lowest BCUT2D eigenvalue weighted by atomic mass is 9.86. The number of aliphatic carboxylic acids is 1. The molecule has 0 aliphatic rings. The minimum Gasteiger partial charge on any atom is -0.481 e. The SMILES string of the molecule is CC(C)(Cc1ccc(-n2cccn2)cc1)C(=O)O. The van der Waals surface area contributed by atoms with E-state index >= 15 is 0 Å². The first-order chi connectivity index (χ1) is 8.49. The lowest BCUT2D eigenvalue weighted by molar-refractivity contribution is -0.146. The summed E-state index contributed by atoms with van der Waals surface area (Å²) in [4.78, 5) is 11.1. The summed E-state index contributed by atoms with van der Waals surface area (Å²) in [7, 11) is 0. The number of aromatic nitrogens is 2. The second kappa shape index (κ2) is 4.64. The molecule has 0 unspecified atom stereocenters. The van der Waals surface area contributed by atoms with Crippen LogP contribution in [0.25, 0.3) is 5.69 Å². The number of carboxylic acid groups (broad SMARTS) is 1. The fourth-order valence-electron chi connectivity index (χ4n) is 1.77. The molecule has 0 saturated carbocycles. The Labute approximate surface area is 106 Å². The average Bonchev–Trinajstić information content (AvgIpc) is 2.83. The van der Waals surface area contributed by atoms with E-state index in [0.29, 0.717) is 6.42 Å². The summed E-state index contributed by atoms with van der Waals surface area (Å²) >= 11 is 0. The van der Waals surface area contributed by atoms with Gasteiger partial charge in [0.1, 0.15) is 0 Å². The number of carboxylic acids is 1. The fraction of sp³-hybridized carbons (Fsp3) is 0.286. The maximum Gasteiger partial charge on any atom is 0.309 e. The second-order valence-electron chi connectivity index (χ2n) is 4.98. The predicted molar refractivity (Wildman–Crippen MR) is 68.7 cm³/mol. The minimum absolute atomic E-state index is 0.516. The topological polar surface area (TPSA) is 55.1 Å². The van der Waals surface area contributed by atoms with Gasteiger partial charge in [-0.3, -0.25) is 4.79 Å². The number of hydrogen-bond acceptors (Lipinski definition) is 2. The van der Waals surface area contributed by atoms with Crippen molar-refractivity contribution in [2.75, 3.05) is 0 Å². The molecule has 0 aliphatic carbocycles. The van der Waals surface area contributed by atoms with Crippen molar-refractivity contribution in [2.24, 2.45) is 5.41 Å². The lowest BCUT2D eigenvalue weighted by Crippen LogP contribution is -2.26. The molecule has 0 spiro atoms. The van der Waals surface area contributed by atoms with Gasteiger partial charge in [-0.05, 0) is 44.0 Å². The molecule has 0 bridgehead atoms. The Bertz CT molecular complexity index is 527. The smallest absolute Gasteiger partial charge is 0.309 e. The van der Waals surface area contributed by atoms with E-state index in [1.54, 1.807) is 24.7 Å². The monoisotopic (exact) mass is 244 g/mol. The van der Waals surface area contributed by atoms with Crippen LogP contribution in [0.3, 0.4) is 0 Å². The van der Waals surface area contributed by atoms with Gasteiger partial charge in [-0.25, -0.2) is 4.68 Å². The van der Waals surface area contributed by atoms with Crippen molar-refractivity contribution in [3.8, 4) is 5.69 Å². The number of benzene rings is 1. The van der Waals surface area contributed by atoms with E-state index in [1.165, 1.54) is 0 Å². The second-order valence-corrected chi connectivity index (χ2v) is 4.98. The van der Waals surface area contributed by atoms with Crippen LogP contribution in [0.2, 0.25) is 0 Å². The highest BCUT2D eigenvalue weighted by Crippen LogP contribution is 2.22. The van der Waals surface area contributed by atoms with Gasteiger partial charge in [-0.15, -0.1) is 0 Å². The Morgan fingerprint density at radius 1 is 1.33 bits per heavy atom. The number of carbonyl (C=O) groups is 1. The number of rotatable bonds is 4. The van der Waals surface area contributed by atoms with Crippen LogP contribution in [0, 0.1) is 5.41 Å². The Morgan fingerprint density at radius 2 is 2.00 bits per heavy atom. The van der Waals surface area contributed by atoms with Crippen molar-refractivity contribution in [3.63, 3.8) is 0 Å². The Balaban J connectivity index is 2.16. The highest BCUT2D eigenvalue weighted by atomic mass is 16.4. The van der Waals surface area contributed by atoms with Crippen LogP contribution in [0.5, 0.6) is 0 Å². The molecule has 1 N–H and O–H groups in total. The molecule has 4 nitrogen and oxygen atoms in total. The summed E-state index contributed by atoms with van der Waals surface area (Å²) in [6, 6.07) is 9.64. The maximum atomic E-state index is 11.1. The van der Waals surface area contributed by atoms with Gasteiger partial charge < -0.3 is 5.11 Å². The number of nitrogens with zero attached hydrogens (tertiary/aromatic N) is 2. The van der Waals surface area contributed by atoms with Crippen LogP contribution in [-0.4, -0.2) is 20.9 Å². The van der Waals surface area contributed by atoms with Crippen molar-refractivity contribution in [3.05, 3.63) is 48.3 Å². The molecule has 1 aromatic carbocycles. The van der Waals surface area contributed by atoms with Crippen molar-refractivity contribution in [1.29, 1.82) is 0 Å². The molecule has 0 saturated heterocycles. The summed E-state index contributed by atoms with van der Waals surface area (Å²) in [5.74, 6) is -0.779. The molecule has 18 heavy (non-hydrogen) atoms. The standard InChI is InChI=1S/C14H16N2O2/c1-14(2,13(17)18)10-11-4-6-12(7-5-11)16-9-3-8-15-16/h3-9H,10H2,1-2H3,(H,17,18). The summed E-state index contributed by atoms with van der Waals surface area (Å²) in [6.45, 7) is 3.47. The molecule has 0 atom stereocenters. The maximum absolute atomic E-state index is 11.1. The van der Waals surface area contributed by atoms with E-state index in [2.05, 4.69) is 5.10 Å². The zero-order chi connectivity index (χ0) is 13.2. The summed E-state index contributed by atoms with van der Waals surface area (Å²) in [6.07, 6.45) is 4.11. The van der Waals surface area contributed by atoms with Gasteiger partial charge in [0.15, 0.2) is 0 Å². The molecule has 1 aromatic heterocycles. The van der Waals surface area contributed by atoms with Crippen LogP contribution in [0.4, 0.5) is 0 Å². The zero-order valence-corrected chi connectivity index (χ0v) is 10.5. The van der Waals surface area contributed by atoms with Gasteiger partial charge in [0.05, 0.1) is 11.1 Å². The lowest BCUT2D eigenvalue weighted by Gasteiger charge is -2.19. The first-order valence-electron chi connectivity index (χ1n) is 5.81. The van der Waals surface area contributed by atoms with Crippen molar-refractivity contribution in [1.82, 2.24) is 9.78 Å². The molecular weight excluding hydrogens is 228 g/mol. The quantitative estimate of drug-likeness (QED) is 0.899. The van der Waals surface area contributed by atoms with Crippen LogP contribution in [0.15, 0.2) is 42.7 Å². The largest absolute Gasteiger partial charge is 0.481 e.